The Morgan fingerprint density at radius 1 is 1.38 bits per heavy atom. The average molecular weight is 290 g/mol. The lowest BCUT2D eigenvalue weighted by Gasteiger charge is -2.18. The van der Waals surface area contributed by atoms with E-state index in [2.05, 4.69) is 9.97 Å². The number of anilines is 1. The monoisotopic (exact) mass is 290 g/mol. The minimum Gasteiger partial charge on any atom is -0.439 e. The first-order valence-electron chi connectivity index (χ1n) is 6.79. The van der Waals surface area contributed by atoms with E-state index in [1.54, 1.807) is 0 Å². The first kappa shape index (κ1) is 14.8. The lowest BCUT2D eigenvalue weighted by molar-refractivity contribution is -0.120. The van der Waals surface area contributed by atoms with Gasteiger partial charge in [-0.25, -0.2) is 14.7 Å². The highest BCUT2D eigenvalue weighted by Gasteiger charge is 2.20. The Bertz CT molecular complexity index is 605. The Morgan fingerprint density at radius 3 is 2.81 bits per heavy atom. The maximum absolute atomic E-state index is 12.1. The lowest BCUT2D eigenvalue weighted by atomic mass is 10.3. The minimum atomic E-state index is -0.691. The van der Waals surface area contributed by atoms with Gasteiger partial charge in [0, 0.05) is 6.54 Å². The van der Waals surface area contributed by atoms with Crippen molar-refractivity contribution in [1.82, 2.24) is 9.97 Å². The van der Waals surface area contributed by atoms with Gasteiger partial charge in [0.2, 0.25) is 5.95 Å². The molecule has 0 fully saturated rings. The minimum absolute atomic E-state index is 0.402. The van der Waals surface area contributed by atoms with Gasteiger partial charge in [-0.1, -0.05) is 25.5 Å². The number of carbonyl (C=O) groups is 2. The van der Waals surface area contributed by atoms with Crippen LogP contribution in [0.15, 0.2) is 24.3 Å². The molecule has 0 bridgehead atoms. The SMILES string of the molecule is CCCCN(C(=O)OCC(N)=O)c1nc2ccccc2[nH]1. The molecule has 1 aromatic carbocycles. The predicted octanol–water partition coefficient (Wildman–Crippen LogP) is 1.79. The second kappa shape index (κ2) is 6.74. The standard InChI is InChI=1S/C14H18N4O3/c1-2-3-8-18(14(20)21-9-12(15)19)13-16-10-6-4-5-7-11(10)17-13/h4-7H,2-3,8-9H2,1H3,(H2,15,19)(H,16,17). The van der Waals surface area contributed by atoms with Crippen molar-refractivity contribution in [3.05, 3.63) is 24.3 Å². The molecule has 7 heteroatoms. The van der Waals surface area contributed by atoms with Crippen LogP contribution < -0.4 is 10.6 Å². The molecular formula is C14H18N4O3. The lowest BCUT2D eigenvalue weighted by Crippen LogP contribution is -2.35. The number of fused-ring (bicyclic) bond motifs is 1. The van der Waals surface area contributed by atoms with E-state index in [9.17, 15) is 9.59 Å². The van der Waals surface area contributed by atoms with Crippen LogP contribution in [0.1, 0.15) is 19.8 Å². The number of aromatic amines is 1. The van der Waals surface area contributed by atoms with E-state index in [0.29, 0.717) is 12.5 Å². The van der Waals surface area contributed by atoms with Gasteiger partial charge in [0.15, 0.2) is 6.61 Å². The molecule has 2 rings (SSSR count). The number of imidazole rings is 1. The molecule has 1 aromatic heterocycles. The molecule has 0 aliphatic carbocycles. The van der Waals surface area contributed by atoms with Crippen molar-refractivity contribution in [1.29, 1.82) is 0 Å². The van der Waals surface area contributed by atoms with Crippen molar-refractivity contribution in [2.45, 2.75) is 19.8 Å². The first-order chi connectivity index (χ1) is 10.1. The fourth-order valence-electron chi connectivity index (χ4n) is 1.88. The molecule has 0 radical (unpaired) electrons. The molecule has 0 aliphatic rings. The fraction of sp³-hybridized carbons (Fsp3) is 0.357. The summed E-state index contributed by atoms with van der Waals surface area (Å²) in [6, 6.07) is 7.47. The summed E-state index contributed by atoms with van der Waals surface area (Å²) in [5.41, 5.74) is 6.57. The summed E-state index contributed by atoms with van der Waals surface area (Å²) in [5.74, 6) is -0.289. The highest BCUT2D eigenvalue weighted by Crippen LogP contribution is 2.18. The summed E-state index contributed by atoms with van der Waals surface area (Å²) in [5, 5.41) is 0. The van der Waals surface area contributed by atoms with Crippen molar-refractivity contribution in [2.75, 3.05) is 18.1 Å². The molecule has 0 aliphatic heterocycles. The Hall–Kier alpha value is -2.57. The fourth-order valence-corrected chi connectivity index (χ4v) is 1.88. The van der Waals surface area contributed by atoms with E-state index in [1.807, 2.05) is 31.2 Å². The Morgan fingerprint density at radius 2 is 2.14 bits per heavy atom. The Kier molecular flexibility index (Phi) is 4.76. The molecule has 0 saturated carbocycles. The number of carbonyl (C=O) groups excluding carboxylic acids is 2. The molecule has 0 spiro atoms. The molecule has 2 amide bonds. The molecule has 112 valence electrons. The molecular weight excluding hydrogens is 272 g/mol. The molecule has 0 unspecified atom stereocenters. The van der Waals surface area contributed by atoms with Crippen molar-refractivity contribution in [3.8, 4) is 0 Å². The van der Waals surface area contributed by atoms with E-state index in [0.717, 1.165) is 23.9 Å². The van der Waals surface area contributed by atoms with E-state index < -0.39 is 18.6 Å². The largest absolute Gasteiger partial charge is 0.439 e. The molecule has 3 N–H and O–H groups in total. The van der Waals surface area contributed by atoms with Gasteiger partial charge in [-0.3, -0.25) is 4.79 Å². The number of H-pyrrole nitrogens is 1. The number of para-hydroxylation sites is 2. The van der Waals surface area contributed by atoms with Crippen LogP contribution in [-0.2, 0) is 9.53 Å². The molecule has 0 saturated heterocycles. The number of benzene rings is 1. The van der Waals surface area contributed by atoms with Gasteiger partial charge in [0.25, 0.3) is 5.91 Å². The highest BCUT2D eigenvalue weighted by molar-refractivity contribution is 5.89. The van der Waals surface area contributed by atoms with E-state index in [-0.39, 0.29) is 0 Å². The van der Waals surface area contributed by atoms with Crippen molar-refractivity contribution >= 4 is 29.0 Å². The van der Waals surface area contributed by atoms with Gasteiger partial charge in [0.05, 0.1) is 11.0 Å². The number of hydrogen-bond acceptors (Lipinski definition) is 4. The third kappa shape index (κ3) is 3.71. The van der Waals surface area contributed by atoms with E-state index >= 15 is 0 Å². The summed E-state index contributed by atoms with van der Waals surface area (Å²) < 4.78 is 4.87. The zero-order chi connectivity index (χ0) is 15.2. The van der Waals surface area contributed by atoms with Crippen LogP contribution in [0, 0.1) is 0 Å². The summed E-state index contributed by atoms with van der Waals surface area (Å²) >= 11 is 0. The normalized spacial score (nSPS) is 10.5. The second-order valence-electron chi connectivity index (χ2n) is 4.60. The van der Waals surface area contributed by atoms with Gasteiger partial charge < -0.3 is 15.5 Å². The number of unbranched alkanes of at least 4 members (excludes halogenated alkanes) is 1. The molecule has 2 aromatic rings. The number of nitrogens with zero attached hydrogens (tertiary/aromatic N) is 2. The average Bonchev–Trinajstić information content (AvgIpc) is 2.89. The maximum Gasteiger partial charge on any atom is 0.417 e. The number of rotatable bonds is 6. The van der Waals surface area contributed by atoms with Crippen LogP contribution in [0.3, 0.4) is 0 Å². The molecule has 0 atom stereocenters. The molecule has 21 heavy (non-hydrogen) atoms. The second-order valence-corrected chi connectivity index (χ2v) is 4.60. The number of amides is 2. The molecule has 1 heterocycles. The maximum atomic E-state index is 12.1. The zero-order valence-corrected chi connectivity index (χ0v) is 11.8. The number of nitrogens with two attached hydrogens (primary N) is 1. The van der Waals surface area contributed by atoms with Crippen LogP contribution in [0.4, 0.5) is 10.7 Å². The van der Waals surface area contributed by atoms with Gasteiger partial charge >= 0.3 is 6.09 Å². The van der Waals surface area contributed by atoms with E-state index in [1.165, 1.54) is 4.90 Å². The Balaban J connectivity index is 2.21. The van der Waals surface area contributed by atoms with Gasteiger partial charge in [0.1, 0.15) is 0 Å². The van der Waals surface area contributed by atoms with Crippen molar-refractivity contribution < 1.29 is 14.3 Å². The van der Waals surface area contributed by atoms with Crippen LogP contribution >= 0.6 is 0 Å². The van der Waals surface area contributed by atoms with E-state index in [4.69, 9.17) is 10.5 Å². The van der Waals surface area contributed by atoms with Gasteiger partial charge in [-0.2, -0.15) is 0 Å². The molecule has 7 nitrogen and oxygen atoms in total. The topological polar surface area (TPSA) is 101 Å². The van der Waals surface area contributed by atoms with Crippen LogP contribution in [0.2, 0.25) is 0 Å². The zero-order valence-electron chi connectivity index (χ0n) is 11.8. The quantitative estimate of drug-likeness (QED) is 0.846. The van der Waals surface area contributed by atoms with Gasteiger partial charge in [-0.05, 0) is 18.6 Å². The highest BCUT2D eigenvalue weighted by atomic mass is 16.6. The number of primary amides is 1. The Labute approximate surface area is 122 Å². The van der Waals surface area contributed by atoms with Crippen LogP contribution in [-0.4, -0.2) is 35.1 Å². The number of ether oxygens (including phenoxy) is 1. The van der Waals surface area contributed by atoms with Crippen LogP contribution in [0.5, 0.6) is 0 Å². The van der Waals surface area contributed by atoms with Crippen molar-refractivity contribution in [3.63, 3.8) is 0 Å². The van der Waals surface area contributed by atoms with Crippen molar-refractivity contribution in [2.24, 2.45) is 5.73 Å². The summed E-state index contributed by atoms with van der Waals surface area (Å²) in [4.78, 5) is 31.6. The number of aromatic nitrogens is 2. The smallest absolute Gasteiger partial charge is 0.417 e. The number of nitrogens with one attached hydrogen (secondary N) is 1. The third-order valence-corrected chi connectivity index (χ3v) is 2.93. The van der Waals surface area contributed by atoms with Crippen LogP contribution in [0.25, 0.3) is 11.0 Å². The summed E-state index contributed by atoms with van der Waals surface area (Å²) in [6.07, 6.45) is 1.07. The predicted molar refractivity (Wildman–Crippen MR) is 78.9 cm³/mol. The van der Waals surface area contributed by atoms with Gasteiger partial charge in [-0.15, -0.1) is 0 Å². The third-order valence-electron chi connectivity index (χ3n) is 2.93. The first-order valence-corrected chi connectivity index (χ1v) is 6.79. The number of hydrogen-bond donors (Lipinski definition) is 2. The summed E-state index contributed by atoms with van der Waals surface area (Å²) in [7, 11) is 0. The summed E-state index contributed by atoms with van der Waals surface area (Å²) in [6.45, 7) is 2.03.